The number of anilines is 1. The summed E-state index contributed by atoms with van der Waals surface area (Å²) in [6.07, 6.45) is 2.85. The van der Waals surface area contributed by atoms with Gasteiger partial charge in [-0.3, -0.25) is 9.36 Å². The summed E-state index contributed by atoms with van der Waals surface area (Å²) in [4.78, 5) is 15.9. The number of nitrogens with two attached hydrogens (primary N) is 1. The third-order valence-corrected chi connectivity index (χ3v) is 4.57. The van der Waals surface area contributed by atoms with Gasteiger partial charge in [0.25, 0.3) is 5.56 Å². The quantitative estimate of drug-likeness (QED) is 0.553. The number of nitrogens with zero attached hydrogens (tertiary/aromatic N) is 2. The van der Waals surface area contributed by atoms with E-state index in [0.29, 0.717) is 25.1 Å². The van der Waals surface area contributed by atoms with Gasteiger partial charge in [0.2, 0.25) is 0 Å². The van der Waals surface area contributed by atoms with E-state index in [0.717, 1.165) is 6.04 Å². The lowest BCUT2D eigenvalue weighted by Gasteiger charge is -2.16. The first-order valence-electron chi connectivity index (χ1n) is 6.88. The van der Waals surface area contributed by atoms with Crippen LogP contribution in [-0.2, 0) is 17.9 Å². The second-order valence-corrected chi connectivity index (χ2v) is 11.7. The van der Waals surface area contributed by atoms with Crippen LogP contribution in [0.5, 0.6) is 0 Å². The molecule has 0 fully saturated rings. The molecule has 0 aliphatic rings. The molecule has 0 aliphatic carbocycles. The van der Waals surface area contributed by atoms with Crippen LogP contribution in [0.15, 0.2) is 11.0 Å². The minimum atomic E-state index is -1.13. The summed E-state index contributed by atoms with van der Waals surface area (Å²) in [6.45, 7) is 7.77. The number of rotatable bonds is 8. The Hall–Kier alpha value is -1.18. The molecule has 7 heteroatoms. The molecule has 0 radical (unpaired) electrons. The standard InChI is InChI=1S/C13H25N3O3Si/c1-20(2,3)8-7-19-10-16-9-11(5-4-6-17)15-12(14)13(16)18/h9,17H,4-8,10H2,1-3H3,(H2,14,15). The summed E-state index contributed by atoms with van der Waals surface area (Å²) in [5.74, 6) is -0.0192. The third-order valence-electron chi connectivity index (χ3n) is 2.87. The van der Waals surface area contributed by atoms with Gasteiger partial charge in [0.05, 0.1) is 5.69 Å². The Labute approximate surface area is 120 Å². The van der Waals surface area contributed by atoms with Crippen LogP contribution in [0.4, 0.5) is 5.82 Å². The van der Waals surface area contributed by atoms with E-state index in [1.807, 2.05) is 0 Å². The number of aliphatic hydroxyl groups excluding tert-OH is 1. The average molecular weight is 299 g/mol. The fourth-order valence-electron chi connectivity index (χ4n) is 1.63. The number of aryl methyl sites for hydroxylation is 1. The Morgan fingerprint density at radius 2 is 2.15 bits per heavy atom. The normalized spacial score (nSPS) is 11.8. The first-order valence-corrected chi connectivity index (χ1v) is 10.6. The first kappa shape index (κ1) is 16.9. The molecule has 1 aromatic rings. The average Bonchev–Trinajstić information content (AvgIpc) is 2.36. The van der Waals surface area contributed by atoms with Crippen LogP contribution in [0.3, 0.4) is 0 Å². The summed E-state index contributed by atoms with van der Waals surface area (Å²) in [7, 11) is -1.13. The largest absolute Gasteiger partial charge is 0.396 e. The lowest BCUT2D eigenvalue weighted by molar-refractivity contribution is 0.0845. The topological polar surface area (TPSA) is 90.4 Å². The van der Waals surface area contributed by atoms with Crippen LogP contribution in [0.1, 0.15) is 12.1 Å². The van der Waals surface area contributed by atoms with Crippen LogP contribution in [-0.4, -0.2) is 35.9 Å². The van der Waals surface area contributed by atoms with Crippen LogP contribution in [0.2, 0.25) is 25.7 Å². The second-order valence-electron chi connectivity index (χ2n) is 6.07. The van der Waals surface area contributed by atoms with Crippen molar-refractivity contribution in [1.82, 2.24) is 9.55 Å². The summed E-state index contributed by atoms with van der Waals surface area (Å²) < 4.78 is 7.00. The van der Waals surface area contributed by atoms with Crippen LogP contribution < -0.4 is 11.3 Å². The SMILES string of the molecule is C[Si](C)(C)CCOCn1cc(CCCO)nc(N)c1=O. The molecule has 0 aliphatic heterocycles. The molecule has 20 heavy (non-hydrogen) atoms. The van der Waals surface area contributed by atoms with E-state index < -0.39 is 8.07 Å². The highest BCUT2D eigenvalue weighted by molar-refractivity contribution is 6.76. The fraction of sp³-hybridized carbons (Fsp3) is 0.692. The van der Waals surface area contributed by atoms with Crippen molar-refractivity contribution in [2.75, 3.05) is 18.9 Å². The molecule has 1 rings (SSSR count). The van der Waals surface area contributed by atoms with Gasteiger partial charge in [-0.15, -0.1) is 0 Å². The highest BCUT2D eigenvalue weighted by atomic mass is 28.3. The Bertz CT molecular complexity index is 483. The molecule has 114 valence electrons. The number of aliphatic hydroxyl groups is 1. The van der Waals surface area contributed by atoms with Crippen molar-refractivity contribution in [1.29, 1.82) is 0 Å². The summed E-state index contributed by atoms with van der Waals surface area (Å²) >= 11 is 0. The Balaban J connectivity index is 2.64. The van der Waals surface area contributed by atoms with E-state index in [1.54, 1.807) is 6.20 Å². The minimum Gasteiger partial charge on any atom is -0.396 e. The number of ether oxygens (including phenoxy) is 1. The predicted molar refractivity (Wildman–Crippen MR) is 82.4 cm³/mol. The lowest BCUT2D eigenvalue weighted by Crippen LogP contribution is -2.27. The monoisotopic (exact) mass is 299 g/mol. The summed E-state index contributed by atoms with van der Waals surface area (Å²) in [5, 5.41) is 8.82. The highest BCUT2D eigenvalue weighted by Gasteiger charge is 2.12. The zero-order chi connectivity index (χ0) is 15.2. The Morgan fingerprint density at radius 3 is 2.75 bits per heavy atom. The molecule has 1 heterocycles. The van der Waals surface area contributed by atoms with Crippen LogP contribution >= 0.6 is 0 Å². The van der Waals surface area contributed by atoms with Crippen molar-refractivity contribution in [3.8, 4) is 0 Å². The molecule has 0 atom stereocenters. The van der Waals surface area contributed by atoms with Gasteiger partial charge in [-0.05, 0) is 18.9 Å². The fourth-order valence-corrected chi connectivity index (χ4v) is 2.39. The molecule has 0 saturated carbocycles. The van der Waals surface area contributed by atoms with Crippen molar-refractivity contribution in [3.05, 3.63) is 22.2 Å². The van der Waals surface area contributed by atoms with Gasteiger partial charge in [0, 0.05) is 27.5 Å². The van der Waals surface area contributed by atoms with Gasteiger partial charge in [0.1, 0.15) is 6.73 Å². The molecule has 0 amide bonds. The van der Waals surface area contributed by atoms with Crippen molar-refractivity contribution in [2.45, 2.75) is 45.3 Å². The van der Waals surface area contributed by atoms with Gasteiger partial charge in [-0.25, -0.2) is 4.98 Å². The summed E-state index contributed by atoms with van der Waals surface area (Å²) in [5.41, 5.74) is 5.98. The second kappa shape index (κ2) is 7.56. The lowest BCUT2D eigenvalue weighted by atomic mass is 10.2. The van der Waals surface area contributed by atoms with Gasteiger partial charge in [-0.1, -0.05) is 19.6 Å². The van der Waals surface area contributed by atoms with Crippen molar-refractivity contribution in [2.24, 2.45) is 0 Å². The van der Waals surface area contributed by atoms with Crippen LogP contribution in [0.25, 0.3) is 0 Å². The number of hydrogen-bond donors (Lipinski definition) is 2. The van der Waals surface area contributed by atoms with Crippen molar-refractivity contribution >= 4 is 13.9 Å². The van der Waals surface area contributed by atoms with Crippen molar-refractivity contribution < 1.29 is 9.84 Å². The van der Waals surface area contributed by atoms with Crippen LogP contribution in [0, 0.1) is 0 Å². The zero-order valence-corrected chi connectivity index (χ0v) is 13.6. The Kier molecular flexibility index (Phi) is 6.38. The van der Waals surface area contributed by atoms with Gasteiger partial charge < -0.3 is 15.6 Å². The number of nitrogen functional groups attached to an aromatic ring is 1. The minimum absolute atomic E-state index is 0.0192. The van der Waals surface area contributed by atoms with Gasteiger partial charge in [0.15, 0.2) is 5.82 Å². The Morgan fingerprint density at radius 1 is 1.45 bits per heavy atom. The first-order chi connectivity index (χ1) is 9.33. The molecule has 6 nitrogen and oxygen atoms in total. The molecular formula is C13H25N3O3Si. The predicted octanol–water partition coefficient (Wildman–Crippen LogP) is 1.06. The van der Waals surface area contributed by atoms with E-state index in [2.05, 4.69) is 24.6 Å². The van der Waals surface area contributed by atoms with Gasteiger partial charge >= 0.3 is 0 Å². The maximum atomic E-state index is 11.8. The van der Waals surface area contributed by atoms with E-state index in [9.17, 15) is 4.79 Å². The third kappa shape index (κ3) is 5.85. The summed E-state index contributed by atoms with van der Waals surface area (Å²) in [6, 6.07) is 1.06. The van der Waals surface area contributed by atoms with E-state index in [4.69, 9.17) is 15.6 Å². The van der Waals surface area contributed by atoms with E-state index >= 15 is 0 Å². The highest BCUT2D eigenvalue weighted by Crippen LogP contribution is 2.08. The molecular weight excluding hydrogens is 274 g/mol. The smallest absolute Gasteiger partial charge is 0.294 e. The molecule has 0 spiro atoms. The maximum Gasteiger partial charge on any atom is 0.294 e. The molecule has 0 saturated heterocycles. The zero-order valence-electron chi connectivity index (χ0n) is 12.6. The number of aromatic nitrogens is 2. The molecule has 0 bridgehead atoms. The molecule has 0 aromatic carbocycles. The van der Waals surface area contributed by atoms with Gasteiger partial charge in [-0.2, -0.15) is 0 Å². The van der Waals surface area contributed by atoms with E-state index in [-0.39, 0.29) is 24.7 Å². The number of hydrogen-bond acceptors (Lipinski definition) is 5. The molecule has 3 N–H and O–H groups in total. The molecule has 1 aromatic heterocycles. The maximum absolute atomic E-state index is 11.8. The molecule has 0 unspecified atom stereocenters. The van der Waals surface area contributed by atoms with Crippen molar-refractivity contribution in [3.63, 3.8) is 0 Å². The van der Waals surface area contributed by atoms with E-state index in [1.165, 1.54) is 4.57 Å².